The quantitative estimate of drug-likeness (QED) is 0.0197. The summed E-state index contributed by atoms with van der Waals surface area (Å²) >= 11 is 0. The zero-order valence-electron chi connectivity index (χ0n) is 40.9. The van der Waals surface area contributed by atoms with Crippen LogP contribution in [0.1, 0.15) is 175 Å². The minimum absolute atomic E-state index is 0.0296. The first-order valence-corrected chi connectivity index (χ1v) is 26.3. The zero-order chi connectivity index (χ0) is 48.4. The molecule has 12 heteroatoms. The van der Waals surface area contributed by atoms with Crippen LogP contribution >= 0.6 is 7.82 Å². The van der Waals surface area contributed by atoms with Crippen LogP contribution in [0, 0.1) is 0 Å². The van der Waals surface area contributed by atoms with Gasteiger partial charge in [0.1, 0.15) is 12.7 Å². The molecule has 0 aliphatic carbocycles. The molecule has 0 aromatic heterocycles. The molecule has 0 amide bonds. The van der Waals surface area contributed by atoms with Gasteiger partial charge in [0.05, 0.1) is 19.8 Å². The predicted octanol–water partition coefficient (Wildman–Crippen LogP) is 13.9. The van der Waals surface area contributed by atoms with Crippen LogP contribution in [0.25, 0.3) is 0 Å². The monoisotopic (exact) mass is 943 g/mol. The summed E-state index contributed by atoms with van der Waals surface area (Å²) in [5.41, 5.74) is 0. The Balaban J connectivity index is 4.94. The van der Waals surface area contributed by atoms with Crippen LogP contribution in [0.2, 0.25) is 0 Å². The van der Waals surface area contributed by atoms with E-state index in [1.54, 1.807) is 0 Å². The first-order chi connectivity index (χ1) is 32.2. The van der Waals surface area contributed by atoms with Crippen molar-refractivity contribution in [3.8, 4) is 0 Å². The SMILES string of the molecule is CC/C=C\C/C=C\C/C=C\C/C=C\C/C=C\CCCC(=O)OCC(COP(=O)(O)OCC(CO)OC(=O)CCCCCCCCCCC)OC(=O)CC/C=C\C/C=C\C/C=C\C/C=C\CC. The average molecular weight is 943 g/mol. The van der Waals surface area contributed by atoms with Gasteiger partial charge in [0.2, 0.25) is 0 Å². The van der Waals surface area contributed by atoms with Gasteiger partial charge in [0.15, 0.2) is 6.10 Å². The van der Waals surface area contributed by atoms with Crippen molar-refractivity contribution in [2.24, 2.45) is 0 Å². The van der Waals surface area contributed by atoms with Crippen molar-refractivity contribution >= 4 is 25.7 Å². The maximum Gasteiger partial charge on any atom is 0.472 e. The first-order valence-electron chi connectivity index (χ1n) is 24.8. The lowest BCUT2D eigenvalue weighted by molar-refractivity contribution is -0.161. The summed E-state index contributed by atoms with van der Waals surface area (Å²) in [5.74, 6) is -1.65. The highest BCUT2D eigenvalue weighted by Gasteiger charge is 2.28. The largest absolute Gasteiger partial charge is 0.472 e. The number of hydrogen-bond donors (Lipinski definition) is 2. The van der Waals surface area contributed by atoms with Crippen molar-refractivity contribution in [2.75, 3.05) is 26.4 Å². The molecule has 0 aliphatic heterocycles. The molecule has 374 valence electrons. The van der Waals surface area contributed by atoms with Crippen LogP contribution in [0.15, 0.2) is 109 Å². The number of hydrogen-bond acceptors (Lipinski definition) is 10. The van der Waals surface area contributed by atoms with Crippen molar-refractivity contribution in [3.05, 3.63) is 109 Å². The standard InChI is InChI=1S/C54H87O11P/c1-4-7-10-13-16-19-21-23-24-25-26-28-29-32-34-37-40-43-52(56)61-47-51(65-54(58)45-42-39-36-33-30-27-22-20-17-14-11-8-5-2)49-63-66(59,60)62-48-50(46-55)64-53(57)44-41-38-35-31-18-15-12-9-6-3/h7-8,10-11,16-17,19-20,23-24,26-28,30,32,34,36,39,50-51,55H,4-6,9,12-15,18,21-22,25,29,31,33,35,37-38,40-49H2,1-3H3,(H,59,60)/b10-7-,11-8-,19-16-,20-17-,24-23-,28-26-,30-27-,34-32-,39-36-. The Morgan fingerprint density at radius 1 is 0.439 bits per heavy atom. The third-order valence-corrected chi connectivity index (χ3v) is 10.7. The highest BCUT2D eigenvalue weighted by Crippen LogP contribution is 2.43. The second-order valence-electron chi connectivity index (χ2n) is 15.9. The first kappa shape index (κ1) is 62.1. The van der Waals surface area contributed by atoms with Crippen molar-refractivity contribution in [2.45, 2.75) is 187 Å². The molecule has 66 heavy (non-hydrogen) atoms. The van der Waals surface area contributed by atoms with Crippen molar-refractivity contribution in [1.82, 2.24) is 0 Å². The number of esters is 3. The lowest BCUT2D eigenvalue weighted by Gasteiger charge is -2.21. The van der Waals surface area contributed by atoms with Crippen molar-refractivity contribution in [1.29, 1.82) is 0 Å². The predicted molar refractivity (Wildman–Crippen MR) is 270 cm³/mol. The maximum absolute atomic E-state index is 12.8. The fourth-order valence-corrected chi connectivity index (χ4v) is 6.78. The molecule has 0 bridgehead atoms. The van der Waals surface area contributed by atoms with E-state index in [0.717, 1.165) is 70.6 Å². The van der Waals surface area contributed by atoms with E-state index in [9.17, 15) is 28.9 Å². The molecular formula is C54H87O11P. The topological polar surface area (TPSA) is 155 Å². The molecule has 0 fully saturated rings. The molecule has 0 radical (unpaired) electrons. The average Bonchev–Trinajstić information content (AvgIpc) is 3.30. The summed E-state index contributed by atoms with van der Waals surface area (Å²) in [7, 11) is -4.77. The number of phosphoric ester groups is 1. The third kappa shape index (κ3) is 45.3. The second kappa shape index (κ2) is 47.6. The van der Waals surface area contributed by atoms with E-state index in [4.69, 9.17) is 23.3 Å². The molecule has 0 aliphatic rings. The van der Waals surface area contributed by atoms with E-state index in [2.05, 4.69) is 99.8 Å². The molecule has 0 saturated heterocycles. The second-order valence-corrected chi connectivity index (χ2v) is 17.3. The van der Waals surface area contributed by atoms with E-state index in [0.29, 0.717) is 32.1 Å². The van der Waals surface area contributed by atoms with Crippen LogP contribution in [0.4, 0.5) is 0 Å². The molecular weight excluding hydrogens is 856 g/mol. The summed E-state index contributed by atoms with van der Waals surface area (Å²) in [4.78, 5) is 48.1. The third-order valence-electron chi connectivity index (χ3n) is 9.71. The number of rotatable bonds is 44. The van der Waals surface area contributed by atoms with E-state index in [1.807, 2.05) is 30.4 Å². The van der Waals surface area contributed by atoms with Crippen molar-refractivity contribution in [3.63, 3.8) is 0 Å². The van der Waals surface area contributed by atoms with Gasteiger partial charge in [-0.3, -0.25) is 23.4 Å². The number of aliphatic hydroxyl groups excluding tert-OH is 1. The minimum Gasteiger partial charge on any atom is -0.462 e. The van der Waals surface area contributed by atoms with Gasteiger partial charge < -0.3 is 24.2 Å². The van der Waals surface area contributed by atoms with Crippen LogP contribution in [-0.4, -0.2) is 66.5 Å². The highest BCUT2D eigenvalue weighted by molar-refractivity contribution is 7.47. The summed E-state index contributed by atoms with van der Waals surface area (Å²) in [6.45, 7) is 4.19. The van der Waals surface area contributed by atoms with Crippen LogP contribution in [0.5, 0.6) is 0 Å². The summed E-state index contributed by atoms with van der Waals surface area (Å²) in [6.07, 6.45) is 55.3. The van der Waals surface area contributed by atoms with Crippen LogP contribution < -0.4 is 0 Å². The highest BCUT2D eigenvalue weighted by atomic mass is 31.2. The Labute approximate surface area is 399 Å². The van der Waals surface area contributed by atoms with Gasteiger partial charge in [0.25, 0.3) is 0 Å². The number of carbonyl (C=O) groups is 3. The lowest BCUT2D eigenvalue weighted by Crippen LogP contribution is -2.30. The Morgan fingerprint density at radius 2 is 0.818 bits per heavy atom. The zero-order valence-corrected chi connectivity index (χ0v) is 41.8. The molecule has 0 spiro atoms. The minimum atomic E-state index is -4.77. The van der Waals surface area contributed by atoms with E-state index < -0.39 is 64.4 Å². The van der Waals surface area contributed by atoms with Crippen LogP contribution in [0.3, 0.4) is 0 Å². The van der Waals surface area contributed by atoms with Gasteiger partial charge in [-0.05, 0) is 83.5 Å². The fraction of sp³-hybridized carbons (Fsp3) is 0.611. The fourth-order valence-electron chi connectivity index (χ4n) is 5.99. The molecule has 0 saturated carbocycles. The van der Waals surface area contributed by atoms with Gasteiger partial charge in [-0.2, -0.15) is 0 Å². The number of carbonyl (C=O) groups excluding carboxylic acids is 3. The Bertz CT molecular complexity index is 1520. The summed E-state index contributed by atoms with van der Waals surface area (Å²) < 4.78 is 39.1. The molecule has 2 N–H and O–H groups in total. The Hall–Kier alpha value is -3.86. The van der Waals surface area contributed by atoms with Gasteiger partial charge in [-0.15, -0.1) is 0 Å². The normalized spacial score (nSPS) is 14.4. The molecule has 0 aromatic rings. The van der Waals surface area contributed by atoms with Gasteiger partial charge >= 0.3 is 25.7 Å². The number of allylic oxidation sites excluding steroid dienone is 18. The molecule has 0 aromatic carbocycles. The van der Waals surface area contributed by atoms with Gasteiger partial charge in [-0.1, -0.05) is 182 Å². The Morgan fingerprint density at radius 3 is 1.29 bits per heavy atom. The molecule has 3 atom stereocenters. The van der Waals surface area contributed by atoms with E-state index >= 15 is 0 Å². The molecule has 0 rings (SSSR count). The number of ether oxygens (including phenoxy) is 3. The molecule has 3 unspecified atom stereocenters. The summed E-state index contributed by atoms with van der Waals surface area (Å²) in [6, 6.07) is 0. The van der Waals surface area contributed by atoms with Gasteiger partial charge in [-0.25, -0.2) is 4.57 Å². The van der Waals surface area contributed by atoms with Crippen molar-refractivity contribution < 1.29 is 52.2 Å². The van der Waals surface area contributed by atoms with Gasteiger partial charge in [0, 0.05) is 19.3 Å². The number of unbranched alkanes of at least 4 members (excludes halogenated alkanes) is 9. The van der Waals surface area contributed by atoms with E-state index in [-0.39, 0.29) is 19.3 Å². The number of phosphoric acid groups is 1. The van der Waals surface area contributed by atoms with E-state index in [1.165, 1.54) is 32.1 Å². The van der Waals surface area contributed by atoms with Crippen LogP contribution in [-0.2, 0) is 42.2 Å². The molecule has 0 heterocycles. The Kier molecular flexibility index (Phi) is 44.8. The molecule has 11 nitrogen and oxygen atoms in total. The smallest absolute Gasteiger partial charge is 0.462 e. The lowest BCUT2D eigenvalue weighted by atomic mass is 10.1. The number of aliphatic hydroxyl groups is 1. The maximum atomic E-state index is 12.8. The summed E-state index contributed by atoms with van der Waals surface area (Å²) in [5, 5.41) is 9.73.